The molecule has 0 aliphatic carbocycles. The van der Waals surface area contributed by atoms with E-state index in [1.807, 2.05) is 18.2 Å². The summed E-state index contributed by atoms with van der Waals surface area (Å²) in [6, 6.07) is 42.3. The number of aromatic nitrogens is 3. The van der Waals surface area contributed by atoms with Gasteiger partial charge in [-0.2, -0.15) is 0 Å². The molecule has 0 amide bonds. The number of benzene rings is 5. The van der Waals surface area contributed by atoms with Crippen molar-refractivity contribution < 1.29 is 4.42 Å². The molecule has 174 valence electrons. The van der Waals surface area contributed by atoms with E-state index in [2.05, 4.69) is 112 Å². The van der Waals surface area contributed by atoms with Crippen LogP contribution in [0.1, 0.15) is 0 Å². The third kappa shape index (κ3) is 2.93. The van der Waals surface area contributed by atoms with Crippen LogP contribution in [0.25, 0.3) is 66.6 Å². The molecule has 0 aliphatic heterocycles. The molecule has 0 fully saturated rings. The van der Waals surface area contributed by atoms with Crippen molar-refractivity contribution >= 4 is 43.8 Å². The van der Waals surface area contributed by atoms with E-state index in [9.17, 15) is 0 Å². The number of furan rings is 1. The summed E-state index contributed by atoms with van der Waals surface area (Å²) in [6.45, 7) is 0. The zero-order chi connectivity index (χ0) is 24.3. The third-order valence-electron chi connectivity index (χ3n) is 7.19. The molecule has 0 aliphatic rings. The van der Waals surface area contributed by atoms with Gasteiger partial charge in [0, 0.05) is 27.7 Å². The SMILES string of the molecule is c1ccc(-c2nc3ccccc3n2-c2cccc(-n3c4ccccc4c4c5occc5ccc43)c2)cc1. The van der Waals surface area contributed by atoms with Crippen LogP contribution in [-0.4, -0.2) is 14.1 Å². The molecule has 8 rings (SSSR count). The zero-order valence-electron chi connectivity index (χ0n) is 19.9. The summed E-state index contributed by atoms with van der Waals surface area (Å²) in [5.74, 6) is 0.929. The van der Waals surface area contributed by atoms with Crippen molar-refractivity contribution in [3.8, 4) is 22.8 Å². The zero-order valence-corrected chi connectivity index (χ0v) is 19.9. The van der Waals surface area contributed by atoms with Gasteiger partial charge in [-0.25, -0.2) is 4.98 Å². The van der Waals surface area contributed by atoms with Gasteiger partial charge in [-0.3, -0.25) is 4.57 Å². The van der Waals surface area contributed by atoms with Crippen LogP contribution in [0.4, 0.5) is 0 Å². The van der Waals surface area contributed by atoms with Gasteiger partial charge in [-0.05, 0) is 54.6 Å². The number of imidazole rings is 1. The van der Waals surface area contributed by atoms with E-state index >= 15 is 0 Å². The largest absolute Gasteiger partial charge is 0.464 e. The van der Waals surface area contributed by atoms with Gasteiger partial charge in [-0.15, -0.1) is 0 Å². The van der Waals surface area contributed by atoms with Crippen molar-refractivity contribution in [3.05, 3.63) is 128 Å². The predicted octanol–water partition coefficient (Wildman–Crippen LogP) is 8.54. The molecule has 0 atom stereocenters. The number of para-hydroxylation sites is 3. The van der Waals surface area contributed by atoms with Crippen LogP contribution in [0, 0.1) is 0 Å². The Bertz CT molecular complexity index is 2090. The van der Waals surface area contributed by atoms with Crippen molar-refractivity contribution in [3.63, 3.8) is 0 Å². The quantitative estimate of drug-likeness (QED) is 0.257. The maximum Gasteiger partial charge on any atom is 0.145 e. The molecule has 5 aromatic carbocycles. The second-order valence-electron chi connectivity index (χ2n) is 9.30. The first-order valence-corrected chi connectivity index (χ1v) is 12.4. The number of fused-ring (bicyclic) bond motifs is 6. The van der Waals surface area contributed by atoms with E-state index in [-0.39, 0.29) is 0 Å². The van der Waals surface area contributed by atoms with E-state index < -0.39 is 0 Å². The number of hydrogen-bond donors (Lipinski definition) is 0. The smallest absolute Gasteiger partial charge is 0.145 e. The minimum atomic E-state index is 0.926. The van der Waals surface area contributed by atoms with Crippen molar-refractivity contribution in [2.75, 3.05) is 0 Å². The molecule has 0 spiro atoms. The maximum absolute atomic E-state index is 5.96. The van der Waals surface area contributed by atoms with E-state index in [0.29, 0.717) is 0 Å². The second-order valence-corrected chi connectivity index (χ2v) is 9.30. The van der Waals surface area contributed by atoms with Gasteiger partial charge in [0.2, 0.25) is 0 Å². The van der Waals surface area contributed by atoms with Crippen molar-refractivity contribution in [2.45, 2.75) is 0 Å². The predicted molar refractivity (Wildman–Crippen MR) is 151 cm³/mol. The molecule has 8 aromatic rings. The van der Waals surface area contributed by atoms with Crippen LogP contribution in [0.2, 0.25) is 0 Å². The fourth-order valence-electron chi connectivity index (χ4n) is 5.60. The van der Waals surface area contributed by atoms with Gasteiger partial charge < -0.3 is 8.98 Å². The standard InChI is InChI=1S/C33H21N3O/c1-2-9-23(10-3-1)33-34-27-14-5-7-16-29(27)36(33)25-12-8-11-24(21-25)35-28-15-6-4-13-26(28)31-30(35)18-17-22-19-20-37-32(22)31/h1-21H. The lowest BCUT2D eigenvalue weighted by atomic mass is 10.1. The van der Waals surface area contributed by atoms with Crippen LogP contribution in [0.3, 0.4) is 0 Å². The maximum atomic E-state index is 5.96. The van der Waals surface area contributed by atoms with E-state index in [0.717, 1.165) is 61.2 Å². The topological polar surface area (TPSA) is 35.9 Å². The Balaban J connectivity index is 1.43. The fourth-order valence-corrected chi connectivity index (χ4v) is 5.60. The molecule has 0 unspecified atom stereocenters. The molecule has 0 saturated carbocycles. The third-order valence-corrected chi connectivity index (χ3v) is 7.19. The van der Waals surface area contributed by atoms with Crippen LogP contribution >= 0.6 is 0 Å². The molecule has 37 heavy (non-hydrogen) atoms. The highest BCUT2D eigenvalue weighted by Crippen LogP contribution is 2.38. The second kappa shape index (κ2) is 7.70. The summed E-state index contributed by atoms with van der Waals surface area (Å²) in [7, 11) is 0. The summed E-state index contributed by atoms with van der Waals surface area (Å²) < 4.78 is 10.5. The van der Waals surface area contributed by atoms with Gasteiger partial charge in [0.25, 0.3) is 0 Å². The molecule has 0 bridgehead atoms. The summed E-state index contributed by atoms with van der Waals surface area (Å²) in [4.78, 5) is 5.02. The Hall–Kier alpha value is -5.09. The van der Waals surface area contributed by atoms with E-state index in [1.54, 1.807) is 6.26 Å². The minimum Gasteiger partial charge on any atom is -0.464 e. The molecule has 4 nitrogen and oxygen atoms in total. The monoisotopic (exact) mass is 475 g/mol. The average molecular weight is 476 g/mol. The number of hydrogen-bond acceptors (Lipinski definition) is 2. The summed E-state index contributed by atoms with van der Waals surface area (Å²) in [6.07, 6.45) is 1.77. The first-order chi connectivity index (χ1) is 18.4. The van der Waals surface area contributed by atoms with Gasteiger partial charge in [-0.1, -0.05) is 66.7 Å². The lowest BCUT2D eigenvalue weighted by Crippen LogP contribution is -2.00. The Labute approximate surface area is 212 Å². The van der Waals surface area contributed by atoms with Crippen LogP contribution in [-0.2, 0) is 0 Å². The summed E-state index contributed by atoms with van der Waals surface area (Å²) >= 11 is 0. The summed E-state index contributed by atoms with van der Waals surface area (Å²) in [5.41, 5.74) is 8.50. The van der Waals surface area contributed by atoms with Gasteiger partial charge >= 0.3 is 0 Å². The molecule has 3 aromatic heterocycles. The summed E-state index contributed by atoms with van der Waals surface area (Å²) in [5, 5.41) is 3.43. The van der Waals surface area contributed by atoms with Crippen LogP contribution in [0.5, 0.6) is 0 Å². The lowest BCUT2D eigenvalue weighted by molar-refractivity contribution is 0.619. The van der Waals surface area contributed by atoms with E-state index in [1.165, 1.54) is 5.39 Å². The highest BCUT2D eigenvalue weighted by Gasteiger charge is 2.18. The first kappa shape index (κ1) is 20.1. The molecule has 3 heterocycles. The lowest BCUT2D eigenvalue weighted by Gasteiger charge is -2.13. The Morgan fingerprint density at radius 2 is 1.32 bits per heavy atom. The Kier molecular flexibility index (Phi) is 4.19. The minimum absolute atomic E-state index is 0.926. The van der Waals surface area contributed by atoms with E-state index in [4.69, 9.17) is 9.40 Å². The van der Waals surface area contributed by atoms with Gasteiger partial charge in [0.1, 0.15) is 11.4 Å². The molecule has 4 heteroatoms. The van der Waals surface area contributed by atoms with Crippen LogP contribution in [0.15, 0.2) is 132 Å². The molecule has 0 saturated heterocycles. The van der Waals surface area contributed by atoms with Crippen LogP contribution < -0.4 is 0 Å². The average Bonchev–Trinajstić information content (AvgIpc) is 3.67. The number of nitrogens with zero attached hydrogens (tertiary/aromatic N) is 3. The van der Waals surface area contributed by atoms with Crippen molar-refractivity contribution in [2.24, 2.45) is 0 Å². The van der Waals surface area contributed by atoms with Crippen molar-refractivity contribution in [1.82, 2.24) is 14.1 Å². The molecular weight excluding hydrogens is 454 g/mol. The molecule has 0 radical (unpaired) electrons. The van der Waals surface area contributed by atoms with Crippen molar-refractivity contribution in [1.29, 1.82) is 0 Å². The highest BCUT2D eigenvalue weighted by atomic mass is 16.3. The highest BCUT2D eigenvalue weighted by molar-refractivity contribution is 6.19. The molecule has 0 N–H and O–H groups in total. The Morgan fingerprint density at radius 1 is 0.568 bits per heavy atom. The van der Waals surface area contributed by atoms with Gasteiger partial charge in [0.05, 0.1) is 33.7 Å². The normalized spacial score (nSPS) is 11.8. The fraction of sp³-hybridized carbons (Fsp3) is 0. The number of rotatable bonds is 3. The first-order valence-electron chi connectivity index (χ1n) is 12.4. The van der Waals surface area contributed by atoms with Gasteiger partial charge in [0.15, 0.2) is 0 Å². The Morgan fingerprint density at radius 3 is 2.22 bits per heavy atom. The molecular formula is C33H21N3O.